The number of Topliss-reactive ketones (excluding diaryl/α,β-unsaturated/α-hetero) is 1. The van der Waals surface area contributed by atoms with E-state index >= 15 is 0 Å². The first-order valence-corrected chi connectivity index (χ1v) is 7.15. The van der Waals surface area contributed by atoms with E-state index in [2.05, 4.69) is 4.74 Å². The number of benzene rings is 2. The molecule has 0 aromatic heterocycles. The predicted octanol–water partition coefficient (Wildman–Crippen LogP) is 2.75. The lowest BCUT2D eigenvalue weighted by molar-refractivity contribution is 0.0600. The predicted molar refractivity (Wildman–Crippen MR) is 87.2 cm³/mol. The van der Waals surface area contributed by atoms with Crippen molar-refractivity contribution in [2.75, 3.05) is 27.9 Å². The highest BCUT2D eigenvalue weighted by molar-refractivity contribution is 6.00. The highest BCUT2D eigenvalue weighted by Crippen LogP contribution is 2.25. The van der Waals surface area contributed by atoms with Gasteiger partial charge >= 0.3 is 5.97 Å². The van der Waals surface area contributed by atoms with Gasteiger partial charge in [-0.25, -0.2) is 4.79 Å². The minimum absolute atomic E-state index is 0.153. The van der Waals surface area contributed by atoms with E-state index in [1.807, 2.05) is 0 Å². The van der Waals surface area contributed by atoms with Crippen LogP contribution >= 0.6 is 0 Å². The summed E-state index contributed by atoms with van der Waals surface area (Å²) in [5.41, 5.74) is 0.817. The number of esters is 1. The normalized spacial score (nSPS) is 9.96. The van der Waals surface area contributed by atoms with Crippen molar-refractivity contribution in [1.29, 1.82) is 0 Å². The van der Waals surface area contributed by atoms with Crippen LogP contribution in [0.25, 0.3) is 0 Å². The Kier molecular flexibility index (Phi) is 5.78. The Hall–Kier alpha value is -3.02. The third-order valence-electron chi connectivity index (χ3n) is 3.35. The van der Waals surface area contributed by atoms with Crippen LogP contribution in [-0.4, -0.2) is 39.7 Å². The third kappa shape index (κ3) is 4.04. The van der Waals surface area contributed by atoms with Crippen LogP contribution in [0.5, 0.6) is 17.2 Å². The fourth-order valence-corrected chi connectivity index (χ4v) is 2.06. The summed E-state index contributed by atoms with van der Waals surface area (Å²) in [7, 11) is 4.34. The van der Waals surface area contributed by atoms with Crippen molar-refractivity contribution in [1.82, 2.24) is 0 Å². The summed E-state index contributed by atoms with van der Waals surface area (Å²) in [4.78, 5) is 23.7. The van der Waals surface area contributed by atoms with Crippen LogP contribution < -0.4 is 14.2 Å². The Labute approximate surface area is 139 Å². The van der Waals surface area contributed by atoms with Crippen LogP contribution in [0.4, 0.5) is 0 Å². The van der Waals surface area contributed by atoms with Crippen molar-refractivity contribution < 1.29 is 28.5 Å². The van der Waals surface area contributed by atoms with Gasteiger partial charge in [0, 0.05) is 6.07 Å². The van der Waals surface area contributed by atoms with E-state index in [0.29, 0.717) is 28.4 Å². The summed E-state index contributed by atoms with van der Waals surface area (Å²) in [5, 5.41) is 0. The van der Waals surface area contributed by atoms with Crippen LogP contribution in [0.2, 0.25) is 0 Å². The molecule has 0 N–H and O–H groups in total. The molecule has 6 nitrogen and oxygen atoms in total. The van der Waals surface area contributed by atoms with Crippen LogP contribution in [0.1, 0.15) is 20.7 Å². The van der Waals surface area contributed by atoms with Gasteiger partial charge in [-0.1, -0.05) is 0 Å². The first-order chi connectivity index (χ1) is 11.6. The van der Waals surface area contributed by atoms with Crippen molar-refractivity contribution in [3.63, 3.8) is 0 Å². The Morgan fingerprint density at radius 3 is 2.12 bits per heavy atom. The largest absolute Gasteiger partial charge is 0.497 e. The molecule has 2 rings (SSSR count). The molecular formula is C18H18O6. The number of hydrogen-bond donors (Lipinski definition) is 0. The SMILES string of the molecule is COC(=O)c1ccc(OCC(=O)c2ccc(OC)cc2OC)cc1. The Bertz CT molecular complexity index is 721. The fourth-order valence-electron chi connectivity index (χ4n) is 2.06. The summed E-state index contributed by atoms with van der Waals surface area (Å²) in [6.45, 7) is -0.153. The Morgan fingerprint density at radius 1 is 0.875 bits per heavy atom. The second kappa shape index (κ2) is 8.01. The monoisotopic (exact) mass is 330 g/mol. The smallest absolute Gasteiger partial charge is 0.337 e. The summed E-state index contributed by atoms with van der Waals surface area (Å²) >= 11 is 0. The van der Waals surface area contributed by atoms with E-state index in [1.165, 1.54) is 21.3 Å². The quantitative estimate of drug-likeness (QED) is 0.574. The molecule has 0 amide bonds. The van der Waals surface area contributed by atoms with Crippen molar-refractivity contribution >= 4 is 11.8 Å². The maximum Gasteiger partial charge on any atom is 0.337 e. The summed E-state index contributed by atoms with van der Waals surface area (Å²) < 4.78 is 20.4. The van der Waals surface area contributed by atoms with Gasteiger partial charge < -0.3 is 18.9 Å². The third-order valence-corrected chi connectivity index (χ3v) is 3.35. The molecule has 2 aromatic rings. The molecule has 0 bridgehead atoms. The van der Waals surface area contributed by atoms with Crippen LogP contribution in [0.15, 0.2) is 42.5 Å². The maximum absolute atomic E-state index is 12.3. The number of methoxy groups -OCH3 is 3. The number of ketones is 1. The van der Waals surface area contributed by atoms with Gasteiger partial charge in [-0.2, -0.15) is 0 Å². The van der Waals surface area contributed by atoms with Gasteiger partial charge in [0.2, 0.25) is 5.78 Å². The highest BCUT2D eigenvalue weighted by Gasteiger charge is 2.14. The zero-order valence-electron chi connectivity index (χ0n) is 13.7. The summed E-state index contributed by atoms with van der Waals surface area (Å²) in [6.07, 6.45) is 0. The second-order valence-electron chi connectivity index (χ2n) is 4.79. The molecule has 0 radical (unpaired) electrons. The average molecular weight is 330 g/mol. The standard InChI is InChI=1S/C18H18O6/c1-21-14-8-9-15(17(10-14)22-2)16(19)11-24-13-6-4-12(5-7-13)18(20)23-3/h4-10H,11H2,1-3H3. The van der Waals surface area contributed by atoms with Crippen LogP contribution in [-0.2, 0) is 4.74 Å². The van der Waals surface area contributed by atoms with Crippen LogP contribution in [0.3, 0.4) is 0 Å². The topological polar surface area (TPSA) is 71.1 Å². The zero-order valence-corrected chi connectivity index (χ0v) is 13.7. The molecule has 0 saturated carbocycles. The number of carbonyl (C=O) groups is 2. The minimum Gasteiger partial charge on any atom is -0.497 e. The van der Waals surface area contributed by atoms with Crippen molar-refractivity contribution in [3.05, 3.63) is 53.6 Å². The Balaban J connectivity index is 2.04. The number of ether oxygens (including phenoxy) is 4. The number of hydrogen-bond acceptors (Lipinski definition) is 6. The fraction of sp³-hybridized carbons (Fsp3) is 0.222. The van der Waals surface area contributed by atoms with Gasteiger partial charge in [0.05, 0.1) is 32.5 Å². The van der Waals surface area contributed by atoms with Crippen molar-refractivity contribution in [2.24, 2.45) is 0 Å². The molecular weight excluding hydrogens is 312 g/mol. The van der Waals surface area contributed by atoms with E-state index in [1.54, 1.807) is 42.5 Å². The molecule has 0 aliphatic carbocycles. The van der Waals surface area contributed by atoms with E-state index in [0.717, 1.165) is 0 Å². The van der Waals surface area contributed by atoms with Crippen LogP contribution in [0, 0.1) is 0 Å². The second-order valence-corrected chi connectivity index (χ2v) is 4.79. The molecule has 2 aromatic carbocycles. The van der Waals surface area contributed by atoms with Gasteiger partial charge in [0.25, 0.3) is 0 Å². The molecule has 0 fully saturated rings. The average Bonchev–Trinajstić information content (AvgIpc) is 2.65. The lowest BCUT2D eigenvalue weighted by Gasteiger charge is -2.10. The molecule has 126 valence electrons. The molecule has 6 heteroatoms. The number of carbonyl (C=O) groups excluding carboxylic acids is 2. The molecule has 24 heavy (non-hydrogen) atoms. The molecule has 0 saturated heterocycles. The van der Waals surface area contributed by atoms with E-state index in [-0.39, 0.29) is 12.4 Å². The van der Waals surface area contributed by atoms with Gasteiger partial charge in [-0.15, -0.1) is 0 Å². The van der Waals surface area contributed by atoms with E-state index in [9.17, 15) is 9.59 Å². The molecule has 0 spiro atoms. The first kappa shape index (κ1) is 17.3. The van der Waals surface area contributed by atoms with Gasteiger partial charge in [0.15, 0.2) is 6.61 Å². The molecule has 0 heterocycles. The minimum atomic E-state index is -0.430. The molecule has 0 unspecified atom stereocenters. The van der Waals surface area contributed by atoms with Gasteiger partial charge in [0.1, 0.15) is 17.2 Å². The summed E-state index contributed by atoms with van der Waals surface area (Å²) in [6, 6.07) is 11.3. The lowest BCUT2D eigenvalue weighted by atomic mass is 10.1. The maximum atomic E-state index is 12.3. The first-order valence-electron chi connectivity index (χ1n) is 7.15. The molecule has 0 aliphatic rings. The van der Waals surface area contributed by atoms with E-state index < -0.39 is 5.97 Å². The Morgan fingerprint density at radius 2 is 1.54 bits per heavy atom. The zero-order chi connectivity index (χ0) is 17.5. The molecule has 0 aliphatic heterocycles. The highest BCUT2D eigenvalue weighted by atomic mass is 16.5. The molecule has 0 atom stereocenters. The summed E-state index contributed by atoms with van der Waals surface area (Å²) in [5.74, 6) is 0.835. The van der Waals surface area contributed by atoms with Crippen molar-refractivity contribution in [2.45, 2.75) is 0 Å². The number of rotatable bonds is 7. The van der Waals surface area contributed by atoms with Gasteiger partial charge in [-0.3, -0.25) is 4.79 Å². The van der Waals surface area contributed by atoms with Crippen molar-refractivity contribution in [3.8, 4) is 17.2 Å². The lowest BCUT2D eigenvalue weighted by Crippen LogP contribution is -2.13. The van der Waals surface area contributed by atoms with Gasteiger partial charge in [-0.05, 0) is 36.4 Å². The van der Waals surface area contributed by atoms with E-state index in [4.69, 9.17) is 14.2 Å².